The number of amides is 3. The Labute approximate surface area is 198 Å². The molecule has 0 aromatic carbocycles. The van der Waals surface area contributed by atoms with Gasteiger partial charge in [0.1, 0.15) is 0 Å². The molecule has 184 valence electrons. The molecule has 0 aromatic heterocycles. The number of piperazine rings is 2. The van der Waals surface area contributed by atoms with E-state index in [0.717, 1.165) is 84.0 Å². The number of hydrogen-bond acceptors (Lipinski definition) is 4. The van der Waals surface area contributed by atoms with Crippen molar-refractivity contribution in [3.8, 4) is 0 Å². The Balaban J connectivity index is 1.22. The van der Waals surface area contributed by atoms with E-state index in [2.05, 4.69) is 26.9 Å². The molecule has 5 rings (SSSR count). The summed E-state index contributed by atoms with van der Waals surface area (Å²) >= 11 is 0. The normalized spacial score (nSPS) is 37.5. The van der Waals surface area contributed by atoms with Crippen LogP contribution in [0.15, 0.2) is 0 Å². The van der Waals surface area contributed by atoms with Gasteiger partial charge in [-0.2, -0.15) is 0 Å². The fraction of sp³-hybridized carbons (Fsp3) is 0.885. The Morgan fingerprint density at radius 3 is 2.00 bits per heavy atom. The van der Waals surface area contributed by atoms with E-state index in [-0.39, 0.29) is 35.9 Å². The summed E-state index contributed by atoms with van der Waals surface area (Å²) in [5.41, 5.74) is 0. The third kappa shape index (κ3) is 4.67. The lowest BCUT2D eigenvalue weighted by molar-refractivity contribution is -0.155. The molecule has 7 heteroatoms. The Hall–Kier alpha value is -1.63. The minimum atomic E-state index is 0.106. The van der Waals surface area contributed by atoms with E-state index in [1.807, 2.05) is 0 Å². The lowest BCUT2D eigenvalue weighted by atomic mass is 9.67. The van der Waals surface area contributed by atoms with Crippen LogP contribution in [-0.2, 0) is 14.4 Å². The summed E-state index contributed by atoms with van der Waals surface area (Å²) in [6.45, 7) is 8.01. The molecule has 2 heterocycles. The van der Waals surface area contributed by atoms with Crippen LogP contribution in [0.3, 0.4) is 0 Å². The van der Waals surface area contributed by atoms with Crippen LogP contribution in [0, 0.1) is 23.7 Å². The van der Waals surface area contributed by atoms with Gasteiger partial charge in [0, 0.05) is 57.5 Å². The van der Waals surface area contributed by atoms with Gasteiger partial charge in [-0.25, -0.2) is 0 Å². The summed E-state index contributed by atoms with van der Waals surface area (Å²) < 4.78 is 0. The molecule has 0 aromatic rings. The van der Waals surface area contributed by atoms with Gasteiger partial charge in [-0.15, -0.1) is 0 Å². The molecule has 0 spiro atoms. The number of hydrogen-bond donors (Lipinski definition) is 1. The maximum Gasteiger partial charge on any atom is 0.226 e. The molecule has 4 atom stereocenters. The highest BCUT2D eigenvalue weighted by Gasteiger charge is 2.49. The second kappa shape index (κ2) is 9.55. The maximum atomic E-state index is 13.2. The molecular weight excluding hydrogens is 416 g/mol. The predicted molar refractivity (Wildman–Crippen MR) is 126 cm³/mol. The summed E-state index contributed by atoms with van der Waals surface area (Å²) in [5, 5.41) is 3.33. The van der Waals surface area contributed by atoms with Gasteiger partial charge >= 0.3 is 0 Å². The van der Waals surface area contributed by atoms with Crippen molar-refractivity contribution < 1.29 is 14.4 Å². The van der Waals surface area contributed by atoms with Gasteiger partial charge < -0.3 is 20.0 Å². The molecule has 2 aliphatic heterocycles. The number of fused-ring (bicyclic) bond motifs is 1. The average Bonchev–Trinajstić information content (AvgIpc) is 3.68. The molecule has 2 saturated heterocycles. The monoisotopic (exact) mass is 458 g/mol. The van der Waals surface area contributed by atoms with Crippen LogP contribution in [0.4, 0.5) is 0 Å². The van der Waals surface area contributed by atoms with Crippen LogP contribution in [0.25, 0.3) is 0 Å². The topological polar surface area (TPSA) is 73.0 Å². The first kappa shape index (κ1) is 23.1. The number of nitrogens with zero attached hydrogens (tertiary/aromatic N) is 3. The van der Waals surface area contributed by atoms with Crippen LogP contribution in [-0.4, -0.2) is 83.3 Å². The number of carbonyl (C=O) groups excluding carboxylic acids is 3. The highest BCUT2D eigenvalue weighted by atomic mass is 16.2. The van der Waals surface area contributed by atoms with E-state index < -0.39 is 0 Å². The molecule has 3 amide bonds. The van der Waals surface area contributed by atoms with Gasteiger partial charge in [-0.1, -0.05) is 0 Å². The van der Waals surface area contributed by atoms with Crippen LogP contribution in [0.5, 0.6) is 0 Å². The maximum absolute atomic E-state index is 13.2. The molecule has 5 aliphatic rings. The van der Waals surface area contributed by atoms with Crippen molar-refractivity contribution in [3.63, 3.8) is 0 Å². The van der Waals surface area contributed by atoms with Crippen molar-refractivity contribution in [3.05, 3.63) is 0 Å². The van der Waals surface area contributed by atoms with Crippen LogP contribution in [0.2, 0.25) is 0 Å². The minimum absolute atomic E-state index is 0.106. The lowest BCUT2D eigenvalue weighted by Gasteiger charge is -2.55. The number of carbonyl (C=O) groups is 3. The highest BCUT2D eigenvalue weighted by molar-refractivity contribution is 5.82. The van der Waals surface area contributed by atoms with E-state index in [9.17, 15) is 14.4 Å². The van der Waals surface area contributed by atoms with E-state index in [0.29, 0.717) is 30.2 Å². The van der Waals surface area contributed by atoms with Crippen molar-refractivity contribution in [1.82, 2.24) is 20.0 Å². The fourth-order valence-corrected chi connectivity index (χ4v) is 7.43. The third-order valence-corrected chi connectivity index (χ3v) is 9.30. The molecule has 1 N–H and O–H groups in total. The molecule has 0 radical (unpaired) electrons. The van der Waals surface area contributed by atoms with Crippen molar-refractivity contribution in [2.75, 3.05) is 32.7 Å². The summed E-state index contributed by atoms with van der Waals surface area (Å²) in [5.74, 6) is 2.56. The first-order valence-electron chi connectivity index (χ1n) is 13.5. The molecule has 7 nitrogen and oxygen atoms in total. The summed E-state index contributed by atoms with van der Waals surface area (Å²) in [7, 11) is 0. The summed E-state index contributed by atoms with van der Waals surface area (Å²) in [6, 6.07) is 0.461. The summed E-state index contributed by atoms with van der Waals surface area (Å²) in [4.78, 5) is 44.9. The first-order valence-corrected chi connectivity index (χ1v) is 13.5. The Kier molecular flexibility index (Phi) is 6.69. The Morgan fingerprint density at radius 1 is 0.758 bits per heavy atom. The van der Waals surface area contributed by atoms with E-state index in [1.165, 1.54) is 0 Å². The molecule has 0 bridgehead atoms. The minimum Gasteiger partial charge on any atom is -0.340 e. The largest absolute Gasteiger partial charge is 0.340 e. The predicted octanol–water partition coefficient (Wildman–Crippen LogP) is 2.25. The van der Waals surface area contributed by atoms with Gasteiger partial charge in [-0.05, 0) is 76.5 Å². The second-order valence-electron chi connectivity index (χ2n) is 11.4. The van der Waals surface area contributed by atoms with E-state index in [1.54, 1.807) is 6.92 Å². The molecule has 5 fully saturated rings. The lowest BCUT2D eigenvalue weighted by Crippen LogP contribution is -2.67. The van der Waals surface area contributed by atoms with Crippen molar-refractivity contribution in [1.29, 1.82) is 0 Å². The fourth-order valence-electron chi connectivity index (χ4n) is 7.43. The first-order chi connectivity index (χ1) is 15.9. The Morgan fingerprint density at radius 2 is 1.36 bits per heavy atom. The van der Waals surface area contributed by atoms with Crippen molar-refractivity contribution in [2.24, 2.45) is 23.7 Å². The van der Waals surface area contributed by atoms with Gasteiger partial charge in [0.25, 0.3) is 0 Å². The molecule has 33 heavy (non-hydrogen) atoms. The van der Waals surface area contributed by atoms with Gasteiger partial charge in [-0.3, -0.25) is 14.4 Å². The molecule has 3 aliphatic carbocycles. The zero-order chi connectivity index (χ0) is 23.1. The quantitative estimate of drug-likeness (QED) is 0.704. The zero-order valence-electron chi connectivity index (χ0n) is 20.5. The van der Waals surface area contributed by atoms with Crippen molar-refractivity contribution >= 4 is 17.7 Å². The zero-order valence-corrected chi connectivity index (χ0v) is 20.5. The van der Waals surface area contributed by atoms with Crippen LogP contribution >= 0.6 is 0 Å². The van der Waals surface area contributed by atoms with E-state index >= 15 is 0 Å². The second-order valence-corrected chi connectivity index (χ2v) is 11.4. The SMILES string of the molecule is CC(=O)N1C2CCC(C3CCC(C(=O)N4CCNCC4)CC3)CC2N(C(=O)C2CC2)C[C@@H]1C. The third-order valence-electron chi connectivity index (χ3n) is 9.30. The number of nitrogens with one attached hydrogen (secondary N) is 1. The van der Waals surface area contributed by atoms with Gasteiger partial charge in [0.05, 0.1) is 12.1 Å². The highest BCUT2D eigenvalue weighted by Crippen LogP contribution is 2.45. The van der Waals surface area contributed by atoms with Crippen molar-refractivity contribution in [2.45, 2.75) is 89.8 Å². The van der Waals surface area contributed by atoms with E-state index in [4.69, 9.17) is 0 Å². The standard InChI is InChI=1S/C26H42N4O3/c1-17-16-29(26(33)21-7-8-21)24-15-22(9-10-23(24)30(17)18(2)31)19-3-5-20(6-4-19)25(32)28-13-11-27-12-14-28/h17,19-24,27H,3-16H2,1-2H3/t17-,19?,20?,22?,23?,24?/m0/s1. The van der Waals surface area contributed by atoms with Crippen LogP contribution < -0.4 is 5.32 Å². The van der Waals surface area contributed by atoms with Gasteiger partial charge in [0.2, 0.25) is 17.7 Å². The smallest absolute Gasteiger partial charge is 0.226 e. The van der Waals surface area contributed by atoms with Crippen LogP contribution in [0.1, 0.15) is 71.6 Å². The van der Waals surface area contributed by atoms with Gasteiger partial charge in [0.15, 0.2) is 0 Å². The Bertz CT molecular complexity index is 755. The average molecular weight is 459 g/mol. The summed E-state index contributed by atoms with van der Waals surface area (Å²) in [6.07, 6.45) is 9.54. The number of rotatable bonds is 3. The molecule has 3 saturated carbocycles. The molecule has 3 unspecified atom stereocenters. The molecular formula is C26H42N4O3.